The van der Waals surface area contributed by atoms with Crippen LogP contribution >= 0.6 is 12.4 Å². The van der Waals surface area contributed by atoms with Crippen molar-refractivity contribution < 1.29 is 18.0 Å². The van der Waals surface area contributed by atoms with Crippen LogP contribution in [0.15, 0.2) is 12.1 Å². The normalized spacial score (nSPS) is 24.4. The van der Waals surface area contributed by atoms with E-state index in [1.165, 1.54) is 0 Å². The number of fused-ring (bicyclic) bond motifs is 2. The molecule has 3 nitrogen and oxygen atoms in total. The van der Waals surface area contributed by atoms with Crippen molar-refractivity contribution in [3.63, 3.8) is 0 Å². The van der Waals surface area contributed by atoms with Crippen LogP contribution in [-0.2, 0) is 0 Å². The minimum absolute atomic E-state index is 0. The second-order valence-electron chi connectivity index (χ2n) is 5.43. The molecule has 1 N–H and O–H groups in total. The Morgan fingerprint density at radius 3 is 2.38 bits per heavy atom. The van der Waals surface area contributed by atoms with E-state index in [0.717, 1.165) is 31.4 Å². The van der Waals surface area contributed by atoms with E-state index in [2.05, 4.69) is 5.32 Å². The second-order valence-corrected chi connectivity index (χ2v) is 5.43. The summed E-state index contributed by atoms with van der Waals surface area (Å²) in [6.07, 6.45) is 2.93. The molecule has 2 aliphatic rings. The maximum absolute atomic E-state index is 13.2. The lowest BCUT2D eigenvalue weighted by molar-refractivity contribution is 0.0747. The topological polar surface area (TPSA) is 32.3 Å². The highest BCUT2D eigenvalue weighted by Gasteiger charge is 2.31. The first kappa shape index (κ1) is 16.1. The molecule has 2 aliphatic heterocycles. The summed E-state index contributed by atoms with van der Waals surface area (Å²) in [6.45, 7) is 1.07. The van der Waals surface area contributed by atoms with Gasteiger partial charge in [-0.1, -0.05) is 0 Å². The number of carbonyl (C=O) groups excluding carboxylic acids is 1. The number of rotatable bonds is 1. The molecule has 0 aliphatic carbocycles. The average molecular weight is 321 g/mol. The van der Waals surface area contributed by atoms with Gasteiger partial charge in [-0.25, -0.2) is 13.2 Å². The predicted octanol–water partition coefficient (Wildman–Crippen LogP) is 2.49. The van der Waals surface area contributed by atoms with Crippen molar-refractivity contribution in [2.24, 2.45) is 0 Å². The number of halogens is 4. The quantitative estimate of drug-likeness (QED) is 0.806. The molecule has 21 heavy (non-hydrogen) atoms. The Kier molecular flexibility index (Phi) is 4.78. The average Bonchev–Trinajstić information content (AvgIpc) is 2.74. The van der Waals surface area contributed by atoms with Crippen LogP contribution in [0.2, 0.25) is 0 Å². The van der Waals surface area contributed by atoms with Crippen LogP contribution < -0.4 is 5.32 Å². The molecular formula is C14H16ClF3N2O. The summed E-state index contributed by atoms with van der Waals surface area (Å²) in [7, 11) is 0. The van der Waals surface area contributed by atoms with E-state index in [-0.39, 0.29) is 24.0 Å². The Balaban J connectivity index is 0.00000161. The zero-order valence-electron chi connectivity index (χ0n) is 11.2. The van der Waals surface area contributed by atoms with Crippen molar-refractivity contribution in [3.05, 3.63) is 35.1 Å². The zero-order valence-corrected chi connectivity index (χ0v) is 12.1. The molecule has 2 bridgehead atoms. The molecule has 0 saturated carbocycles. The Morgan fingerprint density at radius 2 is 1.71 bits per heavy atom. The fourth-order valence-corrected chi connectivity index (χ4v) is 2.99. The molecule has 2 atom stereocenters. The maximum Gasteiger partial charge on any atom is 0.254 e. The number of amides is 1. The number of nitrogens with zero attached hydrogens (tertiary/aromatic N) is 1. The van der Waals surface area contributed by atoms with E-state index in [1.54, 1.807) is 4.90 Å². The van der Waals surface area contributed by atoms with E-state index >= 15 is 0 Å². The van der Waals surface area contributed by atoms with Gasteiger partial charge in [-0.2, -0.15) is 0 Å². The molecule has 0 radical (unpaired) electrons. The molecule has 2 heterocycles. The largest absolute Gasteiger partial charge is 0.337 e. The van der Waals surface area contributed by atoms with Crippen LogP contribution in [-0.4, -0.2) is 36.0 Å². The third-order valence-electron chi connectivity index (χ3n) is 4.04. The lowest BCUT2D eigenvalue weighted by Gasteiger charge is -2.24. The number of hydrogen-bond acceptors (Lipinski definition) is 2. The maximum atomic E-state index is 13.2. The molecule has 0 aromatic heterocycles. The summed E-state index contributed by atoms with van der Waals surface area (Å²) in [4.78, 5) is 13.9. The fraction of sp³-hybridized carbons (Fsp3) is 0.500. The number of carbonyl (C=O) groups is 1. The minimum atomic E-state index is -1.54. The number of hydrogen-bond donors (Lipinski definition) is 1. The zero-order chi connectivity index (χ0) is 14.3. The first-order valence-corrected chi connectivity index (χ1v) is 6.74. The van der Waals surface area contributed by atoms with E-state index in [1.807, 2.05) is 0 Å². The monoisotopic (exact) mass is 320 g/mol. The van der Waals surface area contributed by atoms with Gasteiger partial charge in [0, 0.05) is 30.7 Å². The number of likely N-dealkylation sites (tertiary alicyclic amines) is 1. The van der Waals surface area contributed by atoms with Gasteiger partial charge in [-0.3, -0.25) is 4.79 Å². The van der Waals surface area contributed by atoms with Gasteiger partial charge >= 0.3 is 0 Å². The minimum Gasteiger partial charge on any atom is -0.337 e. The molecule has 3 rings (SSSR count). The Morgan fingerprint density at radius 1 is 1.10 bits per heavy atom. The molecule has 116 valence electrons. The van der Waals surface area contributed by atoms with E-state index in [9.17, 15) is 18.0 Å². The highest BCUT2D eigenvalue weighted by molar-refractivity contribution is 5.94. The van der Waals surface area contributed by atoms with Crippen LogP contribution in [0, 0.1) is 17.5 Å². The van der Waals surface area contributed by atoms with Crippen LogP contribution in [0.3, 0.4) is 0 Å². The standard InChI is InChI=1S/C14H15F3N2O.ClH/c15-11-5-8(6-12(16)13(11)17)14(20)19-4-3-9-1-2-10(7-19)18-9;/h5-6,9-10,18H,1-4,7H2;1H. The molecule has 0 spiro atoms. The number of benzene rings is 1. The summed E-state index contributed by atoms with van der Waals surface area (Å²) < 4.78 is 39.3. The van der Waals surface area contributed by atoms with E-state index in [4.69, 9.17) is 0 Å². The molecule has 1 aromatic rings. The summed E-state index contributed by atoms with van der Waals surface area (Å²) in [5.74, 6) is -4.65. The van der Waals surface area contributed by atoms with Gasteiger partial charge in [0.15, 0.2) is 17.5 Å². The first-order valence-electron chi connectivity index (χ1n) is 6.74. The van der Waals surface area contributed by atoms with Crippen molar-refractivity contribution in [1.82, 2.24) is 10.2 Å². The van der Waals surface area contributed by atoms with Crippen molar-refractivity contribution in [2.75, 3.05) is 13.1 Å². The van der Waals surface area contributed by atoms with E-state index in [0.29, 0.717) is 19.1 Å². The molecular weight excluding hydrogens is 305 g/mol. The molecule has 1 aromatic carbocycles. The van der Waals surface area contributed by atoms with Gasteiger partial charge in [-0.15, -0.1) is 12.4 Å². The highest BCUT2D eigenvalue weighted by Crippen LogP contribution is 2.22. The lowest BCUT2D eigenvalue weighted by Crippen LogP contribution is -2.39. The van der Waals surface area contributed by atoms with Crippen LogP contribution in [0.4, 0.5) is 13.2 Å². The molecule has 1 amide bonds. The lowest BCUT2D eigenvalue weighted by atomic mass is 10.1. The Hall–Kier alpha value is -1.27. The second kappa shape index (κ2) is 6.23. The van der Waals surface area contributed by atoms with E-state index < -0.39 is 23.4 Å². The first-order chi connectivity index (χ1) is 9.54. The van der Waals surface area contributed by atoms with Gasteiger partial charge < -0.3 is 10.2 Å². The smallest absolute Gasteiger partial charge is 0.254 e. The summed E-state index contributed by atoms with van der Waals surface area (Å²) in [5, 5.41) is 3.42. The van der Waals surface area contributed by atoms with Crippen molar-refractivity contribution in [3.8, 4) is 0 Å². The van der Waals surface area contributed by atoms with Gasteiger partial charge in [0.25, 0.3) is 5.91 Å². The van der Waals surface area contributed by atoms with Gasteiger partial charge in [0.2, 0.25) is 0 Å². The van der Waals surface area contributed by atoms with Gasteiger partial charge in [0.1, 0.15) is 0 Å². The SMILES string of the molecule is Cl.O=C(c1cc(F)c(F)c(F)c1)N1CCC2CCC(C1)N2. The molecule has 2 fully saturated rings. The summed E-state index contributed by atoms with van der Waals surface area (Å²) in [5.41, 5.74) is -0.140. The third-order valence-corrected chi connectivity index (χ3v) is 4.04. The van der Waals surface area contributed by atoms with Crippen molar-refractivity contribution >= 4 is 18.3 Å². The molecule has 7 heteroatoms. The number of nitrogens with one attached hydrogen (secondary N) is 1. The molecule has 2 unspecified atom stereocenters. The summed E-state index contributed by atoms with van der Waals surface area (Å²) >= 11 is 0. The Bertz CT molecular complexity index is 532. The fourth-order valence-electron chi connectivity index (χ4n) is 2.99. The van der Waals surface area contributed by atoms with Crippen molar-refractivity contribution in [1.29, 1.82) is 0 Å². The van der Waals surface area contributed by atoms with Crippen LogP contribution in [0.5, 0.6) is 0 Å². The van der Waals surface area contributed by atoms with Gasteiger partial charge in [0.05, 0.1) is 0 Å². The molecule has 2 saturated heterocycles. The van der Waals surface area contributed by atoms with Crippen LogP contribution in [0.1, 0.15) is 29.6 Å². The predicted molar refractivity (Wildman–Crippen MR) is 74.0 cm³/mol. The summed E-state index contributed by atoms with van der Waals surface area (Å²) in [6, 6.07) is 2.18. The third kappa shape index (κ3) is 3.16. The Labute approximate surface area is 126 Å². The van der Waals surface area contributed by atoms with Gasteiger partial charge in [-0.05, 0) is 31.4 Å². The highest BCUT2D eigenvalue weighted by atomic mass is 35.5. The van der Waals surface area contributed by atoms with Crippen molar-refractivity contribution in [2.45, 2.75) is 31.3 Å². The van der Waals surface area contributed by atoms with Crippen LogP contribution in [0.25, 0.3) is 0 Å².